The highest BCUT2D eigenvalue weighted by molar-refractivity contribution is 6.00. The van der Waals surface area contributed by atoms with Crippen LogP contribution in [0.5, 0.6) is 17.2 Å². The molecule has 3 aliphatic rings. The summed E-state index contributed by atoms with van der Waals surface area (Å²) in [5, 5.41) is 1.19. The van der Waals surface area contributed by atoms with E-state index < -0.39 is 0 Å². The topological polar surface area (TPSA) is 84.1 Å². The highest BCUT2D eigenvalue weighted by Gasteiger charge is 2.38. The number of anilines is 1. The molecule has 8 heteroatoms. The first kappa shape index (κ1) is 20.9. The number of aromatic amines is 1. The van der Waals surface area contributed by atoms with E-state index in [4.69, 9.17) is 14.2 Å². The van der Waals surface area contributed by atoms with Crippen LogP contribution in [0, 0.1) is 5.92 Å². The lowest BCUT2D eigenvalue weighted by atomic mass is 9.88. The van der Waals surface area contributed by atoms with Crippen molar-refractivity contribution in [2.24, 2.45) is 5.92 Å². The zero-order chi connectivity index (χ0) is 23.2. The van der Waals surface area contributed by atoms with Gasteiger partial charge in [-0.3, -0.25) is 9.59 Å². The maximum absolute atomic E-state index is 13.3. The molecule has 1 aromatic heterocycles. The Hall–Kier alpha value is -3.68. The normalized spacial score (nSPS) is 20.4. The summed E-state index contributed by atoms with van der Waals surface area (Å²) >= 11 is 0. The number of H-pyrrole nitrogens is 1. The standard InChI is InChI=1S/C26H27N3O5/c1-32-19-3-4-22-20(12-19)21(13-27-22)16-6-8-28(9-7-16)26(31)17-10-25(30)29(14-17)18-2-5-23-24(11-18)34-15-33-23/h2-5,11-13,16-17,27H,6-10,14-15H2,1H3. The van der Waals surface area contributed by atoms with Gasteiger partial charge in [-0.05, 0) is 54.7 Å². The van der Waals surface area contributed by atoms with Crippen LogP contribution >= 0.6 is 0 Å². The number of amides is 2. The summed E-state index contributed by atoms with van der Waals surface area (Å²) in [7, 11) is 1.68. The van der Waals surface area contributed by atoms with Crippen LogP contribution in [-0.4, -0.2) is 55.2 Å². The lowest BCUT2D eigenvalue weighted by Gasteiger charge is -2.33. The van der Waals surface area contributed by atoms with Crippen molar-refractivity contribution in [3.8, 4) is 17.2 Å². The molecule has 2 saturated heterocycles. The van der Waals surface area contributed by atoms with Gasteiger partial charge in [0.05, 0.1) is 13.0 Å². The number of carbonyl (C=O) groups excluding carboxylic acids is 2. The maximum atomic E-state index is 13.3. The number of rotatable bonds is 4. The van der Waals surface area contributed by atoms with Crippen LogP contribution in [-0.2, 0) is 9.59 Å². The Balaban J connectivity index is 1.11. The summed E-state index contributed by atoms with van der Waals surface area (Å²) in [6, 6.07) is 11.5. The average Bonchev–Trinajstić information content (AvgIpc) is 3.60. The zero-order valence-corrected chi connectivity index (χ0v) is 19.1. The van der Waals surface area contributed by atoms with Gasteiger partial charge in [0.1, 0.15) is 5.75 Å². The van der Waals surface area contributed by atoms with Gasteiger partial charge in [-0.1, -0.05) is 0 Å². The molecule has 0 saturated carbocycles. The van der Waals surface area contributed by atoms with Crippen LogP contribution in [0.1, 0.15) is 30.7 Å². The van der Waals surface area contributed by atoms with Crippen molar-refractivity contribution in [1.82, 2.24) is 9.88 Å². The van der Waals surface area contributed by atoms with E-state index in [1.54, 1.807) is 12.0 Å². The molecule has 2 amide bonds. The number of nitrogens with zero attached hydrogens (tertiary/aromatic N) is 2. The van der Waals surface area contributed by atoms with E-state index in [-0.39, 0.29) is 30.9 Å². The monoisotopic (exact) mass is 461 g/mol. The van der Waals surface area contributed by atoms with E-state index in [9.17, 15) is 9.59 Å². The van der Waals surface area contributed by atoms with Crippen molar-refractivity contribution in [2.75, 3.05) is 38.4 Å². The SMILES string of the molecule is COc1ccc2[nH]cc(C3CCN(C(=O)C4CC(=O)N(c5ccc6c(c5)OCO6)C4)CC3)c2c1. The van der Waals surface area contributed by atoms with Crippen molar-refractivity contribution >= 4 is 28.4 Å². The fourth-order valence-corrected chi connectivity index (χ4v) is 5.43. The largest absolute Gasteiger partial charge is 0.497 e. The fourth-order valence-electron chi connectivity index (χ4n) is 5.43. The number of aromatic nitrogens is 1. The third kappa shape index (κ3) is 3.54. The van der Waals surface area contributed by atoms with E-state index in [0.29, 0.717) is 37.1 Å². The van der Waals surface area contributed by atoms with Gasteiger partial charge in [-0.25, -0.2) is 0 Å². The minimum Gasteiger partial charge on any atom is -0.497 e. The molecule has 1 atom stereocenters. The lowest BCUT2D eigenvalue weighted by molar-refractivity contribution is -0.136. The predicted molar refractivity (Wildman–Crippen MR) is 126 cm³/mol. The molecule has 4 heterocycles. The Morgan fingerprint density at radius 2 is 1.91 bits per heavy atom. The number of benzene rings is 2. The molecular formula is C26H27N3O5. The van der Waals surface area contributed by atoms with E-state index in [2.05, 4.69) is 17.2 Å². The van der Waals surface area contributed by atoms with Gasteiger partial charge in [0.15, 0.2) is 11.5 Å². The summed E-state index contributed by atoms with van der Waals surface area (Å²) in [5.41, 5.74) is 3.13. The molecular weight excluding hydrogens is 434 g/mol. The van der Waals surface area contributed by atoms with Gasteiger partial charge in [0.2, 0.25) is 18.6 Å². The van der Waals surface area contributed by atoms with Gasteiger partial charge < -0.3 is 29.0 Å². The summed E-state index contributed by atoms with van der Waals surface area (Å²) in [6.45, 7) is 2.00. The number of hydrogen-bond acceptors (Lipinski definition) is 5. The Morgan fingerprint density at radius 3 is 2.74 bits per heavy atom. The van der Waals surface area contributed by atoms with Crippen LogP contribution in [0.3, 0.4) is 0 Å². The minimum atomic E-state index is -0.313. The van der Waals surface area contributed by atoms with Gasteiger partial charge in [0.25, 0.3) is 0 Å². The summed E-state index contributed by atoms with van der Waals surface area (Å²) in [6.07, 6.45) is 4.14. The Morgan fingerprint density at radius 1 is 1.09 bits per heavy atom. The Labute approximate surface area is 197 Å². The molecule has 2 aromatic carbocycles. The van der Waals surface area contributed by atoms with Gasteiger partial charge in [-0.15, -0.1) is 0 Å². The first-order valence-electron chi connectivity index (χ1n) is 11.7. The van der Waals surface area contributed by atoms with Crippen molar-refractivity contribution in [2.45, 2.75) is 25.2 Å². The van der Waals surface area contributed by atoms with E-state index in [0.717, 1.165) is 29.8 Å². The minimum absolute atomic E-state index is 0.0279. The molecule has 176 valence electrons. The summed E-state index contributed by atoms with van der Waals surface area (Å²) in [4.78, 5) is 33.0. The number of fused-ring (bicyclic) bond motifs is 2. The van der Waals surface area contributed by atoms with Crippen LogP contribution in [0.2, 0.25) is 0 Å². The molecule has 1 unspecified atom stereocenters. The highest BCUT2D eigenvalue weighted by atomic mass is 16.7. The summed E-state index contributed by atoms with van der Waals surface area (Å²) < 4.78 is 16.2. The predicted octanol–water partition coefficient (Wildman–Crippen LogP) is 3.66. The van der Waals surface area contributed by atoms with Crippen molar-refractivity contribution in [3.63, 3.8) is 0 Å². The molecule has 0 bridgehead atoms. The second kappa shape index (κ2) is 8.27. The van der Waals surface area contributed by atoms with Crippen LogP contribution in [0.15, 0.2) is 42.6 Å². The quantitative estimate of drug-likeness (QED) is 0.641. The number of carbonyl (C=O) groups is 2. The van der Waals surface area contributed by atoms with Gasteiger partial charge >= 0.3 is 0 Å². The molecule has 0 spiro atoms. The van der Waals surface area contributed by atoms with E-state index >= 15 is 0 Å². The number of methoxy groups -OCH3 is 1. The first-order chi connectivity index (χ1) is 16.6. The Kier molecular flexibility index (Phi) is 5.08. The zero-order valence-electron chi connectivity index (χ0n) is 19.1. The number of nitrogens with one attached hydrogen (secondary N) is 1. The van der Waals surface area contributed by atoms with Crippen LogP contribution in [0.4, 0.5) is 5.69 Å². The van der Waals surface area contributed by atoms with Crippen LogP contribution < -0.4 is 19.1 Å². The van der Waals surface area contributed by atoms with E-state index in [1.165, 1.54) is 10.9 Å². The third-order valence-corrected chi connectivity index (χ3v) is 7.31. The average molecular weight is 462 g/mol. The molecule has 8 nitrogen and oxygen atoms in total. The molecule has 34 heavy (non-hydrogen) atoms. The summed E-state index contributed by atoms with van der Waals surface area (Å²) in [5.74, 6) is 2.29. The van der Waals surface area contributed by atoms with E-state index in [1.807, 2.05) is 35.2 Å². The second-order valence-electron chi connectivity index (χ2n) is 9.20. The molecule has 1 N–H and O–H groups in total. The van der Waals surface area contributed by atoms with Crippen LogP contribution in [0.25, 0.3) is 10.9 Å². The fraction of sp³-hybridized carbons (Fsp3) is 0.385. The molecule has 0 aliphatic carbocycles. The molecule has 0 radical (unpaired) electrons. The van der Waals surface area contributed by atoms with Crippen molar-refractivity contribution < 1.29 is 23.8 Å². The molecule has 3 aliphatic heterocycles. The molecule has 6 rings (SSSR count). The first-order valence-corrected chi connectivity index (χ1v) is 11.7. The number of hydrogen-bond donors (Lipinski definition) is 1. The second-order valence-corrected chi connectivity index (χ2v) is 9.20. The van der Waals surface area contributed by atoms with Crippen molar-refractivity contribution in [1.29, 1.82) is 0 Å². The van der Waals surface area contributed by atoms with Gasteiger partial charge in [-0.2, -0.15) is 0 Å². The molecule has 2 fully saturated rings. The van der Waals surface area contributed by atoms with Gasteiger partial charge in [0, 0.05) is 54.9 Å². The molecule has 3 aromatic rings. The van der Waals surface area contributed by atoms with Crippen molar-refractivity contribution in [3.05, 3.63) is 48.2 Å². The maximum Gasteiger partial charge on any atom is 0.231 e. The number of piperidine rings is 1. The lowest BCUT2D eigenvalue weighted by Crippen LogP contribution is -2.42. The number of likely N-dealkylation sites (tertiary alicyclic amines) is 1. The third-order valence-electron chi connectivity index (χ3n) is 7.31. The highest BCUT2D eigenvalue weighted by Crippen LogP contribution is 2.38. The Bertz CT molecular complexity index is 1260. The smallest absolute Gasteiger partial charge is 0.231 e. The number of ether oxygens (including phenoxy) is 3.